The van der Waals surface area contributed by atoms with E-state index in [1.54, 1.807) is 43.5 Å². The normalized spacial score (nSPS) is 12.9. The summed E-state index contributed by atoms with van der Waals surface area (Å²) in [5.41, 5.74) is 1.55. The number of amides is 1. The average molecular weight is 401 g/mol. The van der Waals surface area contributed by atoms with Crippen molar-refractivity contribution in [1.82, 2.24) is 0 Å². The van der Waals surface area contributed by atoms with E-state index in [0.717, 1.165) is 5.56 Å². The Morgan fingerprint density at radius 1 is 1.14 bits per heavy atom. The smallest absolute Gasteiger partial charge is 0.338 e. The molecule has 1 atom stereocenters. The number of fused-ring (bicyclic) bond motifs is 1. The standard InChI is InChI=1S/C21H23NO7/c1-4-26-11-15-9-14(5-7-17(15)25-3)21(24)29-13(2)20(23)22-16-6-8-18-19(10-16)28-12-27-18/h5-10,13H,4,11-12H2,1-3H3,(H,22,23)/t13-/m1/s1. The minimum atomic E-state index is -0.995. The summed E-state index contributed by atoms with van der Waals surface area (Å²) in [5, 5.41) is 2.69. The molecule has 1 aliphatic rings. The van der Waals surface area contributed by atoms with Crippen LogP contribution in [0.25, 0.3) is 0 Å². The summed E-state index contributed by atoms with van der Waals surface area (Å²) in [4.78, 5) is 24.9. The summed E-state index contributed by atoms with van der Waals surface area (Å²) >= 11 is 0. The van der Waals surface area contributed by atoms with Crippen molar-refractivity contribution in [1.29, 1.82) is 0 Å². The third-order valence-electron chi connectivity index (χ3n) is 4.27. The third-order valence-corrected chi connectivity index (χ3v) is 4.27. The number of benzene rings is 2. The Hall–Kier alpha value is -3.26. The molecule has 0 bridgehead atoms. The van der Waals surface area contributed by atoms with Crippen LogP contribution in [-0.4, -0.2) is 38.5 Å². The Morgan fingerprint density at radius 2 is 1.93 bits per heavy atom. The summed E-state index contributed by atoms with van der Waals surface area (Å²) in [6, 6.07) is 9.92. The maximum Gasteiger partial charge on any atom is 0.338 e. The molecule has 29 heavy (non-hydrogen) atoms. The zero-order valence-corrected chi connectivity index (χ0v) is 16.5. The second-order valence-corrected chi connectivity index (χ2v) is 6.27. The van der Waals surface area contributed by atoms with E-state index in [2.05, 4.69) is 5.32 Å². The van der Waals surface area contributed by atoms with Crippen molar-refractivity contribution in [2.75, 3.05) is 25.8 Å². The summed E-state index contributed by atoms with van der Waals surface area (Å²) in [5.74, 6) is 0.708. The van der Waals surface area contributed by atoms with Gasteiger partial charge in [0.1, 0.15) is 5.75 Å². The van der Waals surface area contributed by atoms with Crippen LogP contribution in [0.4, 0.5) is 5.69 Å². The van der Waals surface area contributed by atoms with Crippen molar-refractivity contribution in [2.24, 2.45) is 0 Å². The zero-order chi connectivity index (χ0) is 20.8. The molecule has 1 N–H and O–H groups in total. The highest BCUT2D eigenvalue weighted by Gasteiger charge is 2.21. The van der Waals surface area contributed by atoms with Crippen LogP contribution in [0.2, 0.25) is 0 Å². The average Bonchev–Trinajstić information content (AvgIpc) is 3.19. The van der Waals surface area contributed by atoms with Gasteiger partial charge in [0.25, 0.3) is 5.91 Å². The number of methoxy groups -OCH3 is 1. The molecule has 2 aromatic rings. The number of anilines is 1. The van der Waals surface area contributed by atoms with Gasteiger partial charge in [0.05, 0.1) is 19.3 Å². The molecule has 0 unspecified atom stereocenters. The van der Waals surface area contributed by atoms with Crippen molar-refractivity contribution in [3.63, 3.8) is 0 Å². The molecule has 1 aliphatic heterocycles. The molecule has 0 aromatic heterocycles. The number of esters is 1. The van der Waals surface area contributed by atoms with Crippen LogP contribution in [0.1, 0.15) is 29.8 Å². The Balaban J connectivity index is 1.62. The molecule has 0 saturated carbocycles. The van der Waals surface area contributed by atoms with Crippen LogP contribution >= 0.6 is 0 Å². The van der Waals surface area contributed by atoms with E-state index in [9.17, 15) is 9.59 Å². The Morgan fingerprint density at radius 3 is 2.69 bits per heavy atom. The van der Waals surface area contributed by atoms with Crippen LogP contribution < -0.4 is 19.5 Å². The molecule has 3 rings (SSSR count). The first-order valence-electron chi connectivity index (χ1n) is 9.18. The van der Waals surface area contributed by atoms with Crippen LogP contribution in [0.5, 0.6) is 17.2 Å². The van der Waals surface area contributed by atoms with Gasteiger partial charge in [-0.3, -0.25) is 4.79 Å². The molecule has 8 heteroatoms. The first-order chi connectivity index (χ1) is 14.0. The molecular weight excluding hydrogens is 378 g/mol. The van der Waals surface area contributed by atoms with Crippen molar-refractivity contribution in [2.45, 2.75) is 26.6 Å². The van der Waals surface area contributed by atoms with Crippen LogP contribution in [0, 0.1) is 0 Å². The molecule has 0 radical (unpaired) electrons. The second-order valence-electron chi connectivity index (χ2n) is 6.27. The summed E-state index contributed by atoms with van der Waals surface area (Å²) in [6.07, 6.45) is -0.995. The van der Waals surface area contributed by atoms with E-state index in [4.69, 9.17) is 23.7 Å². The lowest BCUT2D eigenvalue weighted by Gasteiger charge is -2.15. The minimum absolute atomic E-state index is 0.147. The van der Waals surface area contributed by atoms with Crippen molar-refractivity contribution < 1.29 is 33.3 Å². The zero-order valence-electron chi connectivity index (χ0n) is 16.5. The number of nitrogens with one attached hydrogen (secondary N) is 1. The number of carbonyl (C=O) groups excluding carboxylic acids is 2. The van der Waals surface area contributed by atoms with Crippen LogP contribution in [0.15, 0.2) is 36.4 Å². The van der Waals surface area contributed by atoms with E-state index in [-0.39, 0.29) is 6.79 Å². The second kappa shape index (κ2) is 9.29. The predicted octanol–water partition coefficient (Wildman–Crippen LogP) is 3.14. The summed E-state index contributed by atoms with van der Waals surface area (Å²) < 4.78 is 26.5. The molecule has 8 nitrogen and oxygen atoms in total. The van der Waals surface area contributed by atoms with Crippen molar-refractivity contribution in [3.8, 4) is 17.2 Å². The van der Waals surface area contributed by atoms with Crippen LogP contribution in [-0.2, 0) is 20.9 Å². The number of ether oxygens (including phenoxy) is 5. The molecule has 0 fully saturated rings. The van der Waals surface area contributed by atoms with Gasteiger partial charge in [-0.2, -0.15) is 0 Å². The summed E-state index contributed by atoms with van der Waals surface area (Å²) in [6.45, 7) is 4.37. The number of carbonyl (C=O) groups is 2. The van der Waals surface area contributed by atoms with Gasteiger partial charge in [-0.25, -0.2) is 4.79 Å². The summed E-state index contributed by atoms with van der Waals surface area (Å²) in [7, 11) is 1.55. The predicted molar refractivity (Wildman–Crippen MR) is 104 cm³/mol. The lowest BCUT2D eigenvalue weighted by molar-refractivity contribution is -0.123. The van der Waals surface area contributed by atoms with E-state index >= 15 is 0 Å². The number of rotatable bonds is 8. The van der Waals surface area contributed by atoms with Gasteiger partial charge in [0.15, 0.2) is 17.6 Å². The first kappa shape index (κ1) is 20.5. The number of hydrogen-bond acceptors (Lipinski definition) is 7. The third kappa shape index (κ3) is 4.97. The molecule has 0 aliphatic carbocycles. The fraction of sp³-hybridized carbons (Fsp3) is 0.333. The van der Waals surface area contributed by atoms with Gasteiger partial charge in [0, 0.05) is 23.9 Å². The SMILES string of the molecule is CCOCc1cc(C(=O)O[C@H](C)C(=O)Nc2ccc3c(c2)OCO3)ccc1OC. The fourth-order valence-corrected chi connectivity index (χ4v) is 2.73. The highest BCUT2D eigenvalue weighted by atomic mass is 16.7. The Bertz CT molecular complexity index is 897. The molecule has 0 saturated heterocycles. The van der Waals surface area contributed by atoms with Crippen molar-refractivity contribution >= 4 is 17.6 Å². The highest BCUT2D eigenvalue weighted by Crippen LogP contribution is 2.34. The minimum Gasteiger partial charge on any atom is -0.496 e. The van der Waals surface area contributed by atoms with Gasteiger partial charge < -0.3 is 29.0 Å². The molecular formula is C21H23NO7. The topological polar surface area (TPSA) is 92.3 Å². The van der Waals surface area contributed by atoms with Crippen LogP contribution in [0.3, 0.4) is 0 Å². The lowest BCUT2D eigenvalue weighted by atomic mass is 10.1. The van der Waals surface area contributed by atoms with Gasteiger partial charge in [-0.1, -0.05) is 0 Å². The van der Waals surface area contributed by atoms with Gasteiger partial charge >= 0.3 is 5.97 Å². The maximum absolute atomic E-state index is 12.5. The van der Waals surface area contributed by atoms with Crippen molar-refractivity contribution in [3.05, 3.63) is 47.5 Å². The van der Waals surface area contributed by atoms with Gasteiger partial charge in [-0.15, -0.1) is 0 Å². The van der Waals surface area contributed by atoms with E-state index < -0.39 is 18.0 Å². The van der Waals surface area contributed by atoms with Gasteiger partial charge in [-0.05, 0) is 44.2 Å². The van der Waals surface area contributed by atoms with E-state index in [0.29, 0.717) is 41.7 Å². The Kier molecular flexibility index (Phi) is 6.56. The molecule has 1 heterocycles. The van der Waals surface area contributed by atoms with E-state index in [1.807, 2.05) is 6.92 Å². The molecule has 154 valence electrons. The molecule has 2 aromatic carbocycles. The largest absolute Gasteiger partial charge is 0.496 e. The molecule has 0 spiro atoms. The van der Waals surface area contributed by atoms with E-state index in [1.165, 1.54) is 6.92 Å². The molecule has 1 amide bonds. The van der Waals surface area contributed by atoms with Gasteiger partial charge in [0.2, 0.25) is 6.79 Å². The number of hydrogen-bond donors (Lipinski definition) is 1. The highest BCUT2D eigenvalue weighted by molar-refractivity contribution is 5.97. The Labute approximate surface area is 168 Å². The fourth-order valence-electron chi connectivity index (χ4n) is 2.73. The maximum atomic E-state index is 12.5. The lowest BCUT2D eigenvalue weighted by Crippen LogP contribution is -2.30. The quantitative estimate of drug-likeness (QED) is 0.679. The monoisotopic (exact) mass is 401 g/mol. The first-order valence-corrected chi connectivity index (χ1v) is 9.18.